The molecule has 5 N–H and O–H groups in total. The van der Waals surface area contributed by atoms with Gasteiger partial charge in [-0.1, -0.05) is 15.9 Å². The Kier molecular flexibility index (Phi) is 5.73. The molecule has 0 atom stereocenters. The zero-order valence-electron chi connectivity index (χ0n) is 7.61. The van der Waals surface area contributed by atoms with Crippen molar-refractivity contribution >= 4 is 46.0 Å². The summed E-state index contributed by atoms with van der Waals surface area (Å²) in [4.78, 5) is 14.3. The smallest absolute Gasteiger partial charge is 0.348 e. The molecule has 1 aromatic rings. The van der Waals surface area contributed by atoms with Crippen LogP contribution in [-0.4, -0.2) is 12.0 Å². The minimum absolute atomic E-state index is 0. The molecule has 0 aliphatic rings. The summed E-state index contributed by atoms with van der Waals surface area (Å²) in [7, 11) is 0. The molecule has 5 nitrogen and oxygen atoms in total. The fourth-order valence-electron chi connectivity index (χ4n) is 0.802. The molecule has 82 valence electrons. The molecule has 0 heterocycles. The van der Waals surface area contributed by atoms with Crippen LogP contribution in [0.4, 0.5) is 10.5 Å². The second-order valence-corrected chi connectivity index (χ2v) is 3.39. The molecule has 0 fully saturated rings. The van der Waals surface area contributed by atoms with Crippen molar-refractivity contribution in [1.82, 2.24) is 0 Å². The molecule has 0 radical (unpaired) electrons. The van der Waals surface area contributed by atoms with Crippen molar-refractivity contribution in [2.75, 3.05) is 5.32 Å². The fourth-order valence-corrected chi connectivity index (χ4v) is 1.07. The van der Waals surface area contributed by atoms with Crippen molar-refractivity contribution in [2.45, 2.75) is 0 Å². The quantitative estimate of drug-likeness (QED) is 0.543. The average molecular weight is 294 g/mol. The van der Waals surface area contributed by atoms with E-state index in [0.29, 0.717) is 5.69 Å². The zero-order chi connectivity index (χ0) is 10.6. The SMILES string of the molecule is Cl.NC(N)=NC(=O)Nc1ccc(Br)cc1. The number of anilines is 1. The van der Waals surface area contributed by atoms with Crippen LogP contribution < -0.4 is 16.8 Å². The first-order valence-corrected chi connectivity index (χ1v) is 4.53. The van der Waals surface area contributed by atoms with E-state index in [-0.39, 0.29) is 18.4 Å². The molecule has 0 bridgehead atoms. The first-order valence-electron chi connectivity index (χ1n) is 3.74. The van der Waals surface area contributed by atoms with Crippen LogP contribution in [0.1, 0.15) is 0 Å². The number of nitrogens with one attached hydrogen (secondary N) is 1. The van der Waals surface area contributed by atoms with E-state index in [0.717, 1.165) is 4.47 Å². The number of carbonyl (C=O) groups excluding carboxylic acids is 1. The number of benzene rings is 1. The van der Waals surface area contributed by atoms with E-state index >= 15 is 0 Å². The summed E-state index contributed by atoms with van der Waals surface area (Å²) in [6, 6.07) is 6.46. The Morgan fingerprint density at radius 3 is 2.27 bits per heavy atom. The summed E-state index contributed by atoms with van der Waals surface area (Å²) in [5.74, 6) is -0.264. The van der Waals surface area contributed by atoms with Gasteiger partial charge >= 0.3 is 6.03 Å². The van der Waals surface area contributed by atoms with Crippen molar-refractivity contribution in [1.29, 1.82) is 0 Å². The van der Waals surface area contributed by atoms with Crippen molar-refractivity contribution in [2.24, 2.45) is 16.5 Å². The van der Waals surface area contributed by atoms with E-state index in [1.54, 1.807) is 24.3 Å². The summed E-state index contributed by atoms with van der Waals surface area (Å²) < 4.78 is 0.928. The summed E-state index contributed by atoms with van der Waals surface area (Å²) >= 11 is 3.27. The lowest BCUT2D eigenvalue weighted by Crippen LogP contribution is -2.25. The number of nitrogens with two attached hydrogens (primary N) is 2. The van der Waals surface area contributed by atoms with Crippen LogP contribution in [-0.2, 0) is 0 Å². The molecular weight excluding hydrogens is 283 g/mol. The molecule has 0 saturated carbocycles. The predicted octanol–water partition coefficient (Wildman–Crippen LogP) is 1.68. The first-order chi connectivity index (χ1) is 6.58. The van der Waals surface area contributed by atoms with E-state index < -0.39 is 6.03 Å². The number of rotatable bonds is 1. The van der Waals surface area contributed by atoms with E-state index in [4.69, 9.17) is 11.5 Å². The molecule has 1 rings (SSSR count). The van der Waals surface area contributed by atoms with Gasteiger partial charge in [0.1, 0.15) is 0 Å². The lowest BCUT2D eigenvalue weighted by atomic mass is 10.3. The Morgan fingerprint density at radius 2 is 1.80 bits per heavy atom. The van der Waals surface area contributed by atoms with Crippen molar-refractivity contribution in [3.63, 3.8) is 0 Å². The van der Waals surface area contributed by atoms with Gasteiger partial charge in [0.2, 0.25) is 0 Å². The van der Waals surface area contributed by atoms with E-state index in [1.165, 1.54) is 0 Å². The van der Waals surface area contributed by atoms with Gasteiger partial charge in [0.05, 0.1) is 0 Å². The second-order valence-electron chi connectivity index (χ2n) is 2.47. The standard InChI is InChI=1S/C8H9BrN4O.ClH/c9-5-1-3-6(4-2-5)12-8(14)13-7(10)11;/h1-4H,(H5,10,11,12,13,14);1H. The third-order valence-electron chi connectivity index (χ3n) is 1.33. The fraction of sp³-hybridized carbons (Fsp3) is 0. The van der Waals surface area contributed by atoms with Crippen molar-refractivity contribution in [3.8, 4) is 0 Å². The van der Waals surface area contributed by atoms with Gasteiger partial charge < -0.3 is 16.8 Å². The molecule has 2 amide bonds. The van der Waals surface area contributed by atoms with Gasteiger partial charge in [-0.05, 0) is 24.3 Å². The van der Waals surface area contributed by atoms with Crippen LogP contribution in [0, 0.1) is 0 Å². The van der Waals surface area contributed by atoms with Crippen LogP contribution in [0.3, 0.4) is 0 Å². The Bertz CT molecular complexity index is 361. The molecule has 0 aliphatic heterocycles. The van der Waals surface area contributed by atoms with Crippen LogP contribution in [0.5, 0.6) is 0 Å². The van der Waals surface area contributed by atoms with Gasteiger partial charge in [0, 0.05) is 10.2 Å². The summed E-state index contributed by atoms with van der Waals surface area (Å²) in [6.45, 7) is 0. The maximum absolute atomic E-state index is 11.0. The third-order valence-corrected chi connectivity index (χ3v) is 1.85. The number of nitrogens with zero attached hydrogens (tertiary/aromatic N) is 1. The van der Waals surface area contributed by atoms with Gasteiger partial charge in [-0.15, -0.1) is 12.4 Å². The van der Waals surface area contributed by atoms with Gasteiger partial charge in [-0.25, -0.2) is 4.79 Å². The maximum atomic E-state index is 11.0. The lowest BCUT2D eigenvalue weighted by Gasteiger charge is -2.00. The maximum Gasteiger partial charge on any atom is 0.348 e. The first kappa shape index (κ1) is 13.7. The van der Waals surface area contributed by atoms with Gasteiger partial charge in [-0.3, -0.25) is 0 Å². The van der Waals surface area contributed by atoms with E-state index in [9.17, 15) is 4.79 Å². The highest BCUT2D eigenvalue weighted by atomic mass is 79.9. The second kappa shape index (κ2) is 6.26. The van der Waals surface area contributed by atoms with E-state index in [1.807, 2.05) is 0 Å². The molecule has 0 unspecified atom stereocenters. The Balaban J connectivity index is 0.00000196. The number of hydrogen-bond donors (Lipinski definition) is 3. The van der Waals surface area contributed by atoms with Gasteiger partial charge in [-0.2, -0.15) is 4.99 Å². The number of urea groups is 1. The lowest BCUT2D eigenvalue weighted by molar-refractivity contribution is 0.259. The van der Waals surface area contributed by atoms with Crippen LogP contribution in [0.2, 0.25) is 0 Å². The molecule has 0 saturated heterocycles. The highest BCUT2D eigenvalue weighted by Gasteiger charge is 1.99. The van der Waals surface area contributed by atoms with Crippen molar-refractivity contribution in [3.05, 3.63) is 28.7 Å². The van der Waals surface area contributed by atoms with Crippen LogP contribution in [0.25, 0.3) is 0 Å². The topological polar surface area (TPSA) is 93.5 Å². The zero-order valence-corrected chi connectivity index (χ0v) is 10.0. The Morgan fingerprint density at radius 1 is 1.27 bits per heavy atom. The minimum Gasteiger partial charge on any atom is -0.370 e. The Labute approximate surface area is 101 Å². The molecule has 7 heteroatoms. The number of halogens is 2. The van der Waals surface area contributed by atoms with Gasteiger partial charge in [0.25, 0.3) is 0 Å². The predicted molar refractivity (Wildman–Crippen MR) is 66.2 cm³/mol. The number of carbonyl (C=O) groups is 1. The number of amides is 2. The van der Waals surface area contributed by atoms with Crippen molar-refractivity contribution < 1.29 is 4.79 Å². The largest absolute Gasteiger partial charge is 0.370 e. The minimum atomic E-state index is -0.590. The Hall–Kier alpha value is -1.27. The number of guanidine groups is 1. The number of hydrogen-bond acceptors (Lipinski definition) is 1. The highest BCUT2D eigenvalue weighted by molar-refractivity contribution is 9.10. The summed E-state index contributed by atoms with van der Waals surface area (Å²) in [6.07, 6.45) is 0. The molecule has 15 heavy (non-hydrogen) atoms. The van der Waals surface area contributed by atoms with Crippen LogP contribution >= 0.6 is 28.3 Å². The summed E-state index contributed by atoms with van der Waals surface area (Å²) in [5, 5.41) is 2.49. The third kappa shape index (κ3) is 5.24. The monoisotopic (exact) mass is 292 g/mol. The summed E-state index contributed by atoms with van der Waals surface area (Å²) in [5.41, 5.74) is 10.7. The molecular formula is C8H10BrClN4O. The normalized spacial score (nSPS) is 8.60. The molecule has 0 aromatic heterocycles. The average Bonchev–Trinajstić information content (AvgIpc) is 2.07. The molecule has 0 aliphatic carbocycles. The highest BCUT2D eigenvalue weighted by Crippen LogP contribution is 2.13. The van der Waals surface area contributed by atoms with E-state index in [2.05, 4.69) is 26.2 Å². The molecule has 0 spiro atoms. The van der Waals surface area contributed by atoms with Gasteiger partial charge in [0.15, 0.2) is 5.96 Å². The number of aliphatic imine (C=N–C) groups is 1. The molecule has 1 aromatic carbocycles. The van der Waals surface area contributed by atoms with Crippen LogP contribution in [0.15, 0.2) is 33.7 Å².